The van der Waals surface area contributed by atoms with Crippen molar-refractivity contribution in [2.45, 2.75) is 45.4 Å². The maximum atomic E-state index is 15.8. The van der Waals surface area contributed by atoms with Gasteiger partial charge < -0.3 is 20.4 Å². The van der Waals surface area contributed by atoms with E-state index >= 15 is 4.39 Å². The van der Waals surface area contributed by atoms with Crippen LogP contribution in [0.3, 0.4) is 0 Å². The minimum absolute atomic E-state index is 0.180. The monoisotopic (exact) mass is 617 g/mol. The number of H-pyrrole nitrogens is 2. The lowest BCUT2D eigenvalue weighted by atomic mass is 9.94. The number of nitrogen functional groups attached to an aromatic ring is 1. The van der Waals surface area contributed by atoms with Gasteiger partial charge in [0.05, 0.1) is 11.8 Å². The molecule has 3 aromatic heterocycles. The van der Waals surface area contributed by atoms with Gasteiger partial charge >= 0.3 is 6.09 Å². The van der Waals surface area contributed by atoms with Crippen LogP contribution in [0.2, 0.25) is 0 Å². The first-order chi connectivity index (χ1) is 21.6. The number of piperazine rings is 1. The number of nitrogens with two attached hydrogens (primary N) is 1. The third kappa shape index (κ3) is 6.60. The molecule has 1 fully saturated rings. The lowest BCUT2D eigenvalue weighted by Gasteiger charge is -2.40. The second-order valence-electron chi connectivity index (χ2n) is 12.1. The first kappa shape index (κ1) is 30.1. The molecule has 45 heavy (non-hydrogen) atoms. The fourth-order valence-electron chi connectivity index (χ4n) is 5.60. The van der Waals surface area contributed by atoms with Gasteiger partial charge in [-0.15, -0.1) is 0 Å². The fourth-order valence-corrected chi connectivity index (χ4v) is 5.60. The zero-order valence-corrected chi connectivity index (χ0v) is 25.3. The number of nitrogens with one attached hydrogen (secondary N) is 2. The summed E-state index contributed by atoms with van der Waals surface area (Å²) in [5.74, 6) is -0.339. The molecule has 1 unspecified atom stereocenters. The van der Waals surface area contributed by atoms with Gasteiger partial charge in [0.15, 0.2) is 11.8 Å². The lowest BCUT2D eigenvalue weighted by molar-refractivity contribution is -0.656. The van der Waals surface area contributed by atoms with Crippen molar-refractivity contribution < 1.29 is 22.9 Å². The average Bonchev–Trinajstić information content (AvgIpc) is 3.71. The highest BCUT2D eigenvalue weighted by atomic mass is 19.1. The van der Waals surface area contributed by atoms with Crippen molar-refractivity contribution in [2.75, 3.05) is 31.9 Å². The molecule has 1 aliphatic rings. The molecule has 1 amide bonds. The van der Waals surface area contributed by atoms with Crippen LogP contribution in [0.1, 0.15) is 43.6 Å². The van der Waals surface area contributed by atoms with E-state index in [0.29, 0.717) is 49.5 Å². The van der Waals surface area contributed by atoms with Gasteiger partial charge in [-0.1, -0.05) is 28.2 Å². The van der Waals surface area contributed by atoms with Crippen molar-refractivity contribution in [1.29, 1.82) is 0 Å². The molecule has 4 N–H and O–H groups in total. The first-order valence-electron chi connectivity index (χ1n) is 14.7. The van der Waals surface area contributed by atoms with Gasteiger partial charge in [0, 0.05) is 32.2 Å². The molecule has 6 rings (SSSR count). The van der Waals surface area contributed by atoms with E-state index in [9.17, 15) is 9.18 Å². The Hall–Kier alpha value is -4.98. The molecule has 0 spiro atoms. The van der Waals surface area contributed by atoms with Gasteiger partial charge in [-0.25, -0.2) is 18.1 Å². The predicted octanol–water partition coefficient (Wildman–Crippen LogP) is 3.78. The number of ether oxygens (including phenoxy) is 1. The molecule has 0 saturated carbocycles. The van der Waals surface area contributed by atoms with Gasteiger partial charge in [0.1, 0.15) is 29.5 Å². The van der Waals surface area contributed by atoms with E-state index in [1.807, 2.05) is 20.8 Å². The van der Waals surface area contributed by atoms with Crippen molar-refractivity contribution in [3.8, 4) is 11.4 Å². The van der Waals surface area contributed by atoms with Crippen molar-refractivity contribution >= 4 is 23.1 Å². The predicted molar refractivity (Wildman–Crippen MR) is 162 cm³/mol. The third-order valence-electron chi connectivity index (χ3n) is 7.76. The largest absolute Gasteiger partial charge is 0.444 e. The summed E-state index contributed by atoms with van der Waals surface area (Å²) in [6, 6.07) is 11.1. The average molecular weight is 618 g/mol. The topological polar surface area (TPSA) is 146 Å². The number of hydrogen-bond acceptors (Lipinski definition) is 8. The Morgan fingerprint density at radius 1 is 1.11 bits per heavy atom. The molecular weight excluding hydrogens is 582 g/mol. The zero-order chi connectivity index (χ0) is 31.7. The summed E-state index contributed by atoms with van der Waals surface area (Å²) in [5.41, 5.74) is 9.32. The van der Waals surface area contributed by atoms with Crippen LogP contribution in [0, 0.1) is 11.6 Å². The second kappa shape index (κ2) is 12.2. The molecule has 234 valence electrons. The SMILES string of the molecule is CC(C)(C)OC(=O)N1CCN(C(Cc2ccc(F)cc2)c2ccc(F)c(-c3nc(N)c4[nH]cnc4[n+]3Cc3cn[nH]n3)c2)CC1. The Kier molecular flexibility index (Phi) is 8.14. The van der Waals surface area contributed by atoms with E-state index in [1.54, 1.807) is 39.9 Å². The normalized spacial score (nSPS) is 15.0. The quantitative estimate of drug-likeness (QED) is 0.234. The van der Waals surface area contributed by atoms with Crippen LogP contribution in [-0.2, 0) is 17.7 Å². The van der Waals surface area contributed by atoms with Crippen LogP contribution in [0.25, 0.3) is 22.6 Å². The van der Waals surface area contributed by atoms with Crippen LogP contribution < -0.4 is 10.3 Å². The Morgan fingerprint density at radius 3 is 2.56 bits per heavy atom. The number of fused-ring (bicyclic) bond motifs is 1. The van der Waals surface area contributed by atoms with E-state index in [-0.39, 0.29) is 41.7 Å². The van der Waals surface area contributed by atoms with Gasteiger partial charge in [-0.2, -0.15) is 15.4 Å². The molecule has 4 heterocycles. The summed E-state index contributed by atoms with van der Waals surface area (Å²) in [5, 5.41) is 10.7. The molecule has 1 atom stereocenters. The van der Waals surface area contributed by atoms with E-state index in [4.69, 9.17) is 10.5 Å². The fraction of sp³-hybridized carbons (Fsp3) is 0.355. The maximum absolute atomic E-state index is 15.8. The Labute approximate surface area is 258 Å². The van der Waals surface area contributed by atoms with E-state index in [0.717, 1.165) is 11.1 Å². The van der Waals surface area contributed by atoms with Gasteiger partial charge in [0.2, 0.25) is 5.82 Å². The number of carbonyl (C=O) groups excluding carboxylic acids is 1. The van der Waals surface area contributed by atoms with Crippen molar-refractivity contribution in [3.05, 3.63) is 83.4 Å². The summed E-state index contributed by atoms with van der Waals surface area (Å²) in [6.07, 6.45) is 3.27. The zero-order valence-electron chi connectivity index (χ0n) is 25.3. The highest BCUT2D eigenvalue weighted by Crippen LogP contribution is 2.32. The summed E-state index contributed by atoms with van der Waals surface area (Å²) in [6.45, 7) is 7.80. The number of aromatic nitrogens is 7. The van der Waals surface area contributed by atoms with Crippen LogP contribution >= 0.6 is 0 Å². The summed E-state index contributed by atoms with van der Waals surface area (Å²) in [4.78, 5) is 28.7. The summed E-state index contributed by atoms with van der Waals surface area (Å²) < 4.78 is 36.9. The number of anilines is 1. The minimum Gasteiger partial charge on any atom is -0.444 e. The molecule has 1 saturated heterocycles. The van der Waals surface area contributed by atoms with Crippen molar-refractivity contribution in [2.24, 2.45) is 0 Å². The van der Waals surface area contributed by atoms with E-state index < -0.39 is 11.4 Å². The minimum atomic E-state index is -0.593. The third-order valence-corrected chi connectivity index (χ3v) is 7.76. The number of imidazole rings is 1. The number of nitrogens with zero attached hydrogens (tertiary/aromatic N) is 7. The molecule has 0 bridgehead atoms. The number of carbonyl (C=O) groups is 1. The number of benzene rings is 2. The van der Waals surface area contributed by atoms with Crippen LogP contribution in [0.4, 0.5) is 19.4 Å². The molecule has 12 nitrogen and oxygen atoms in total. The molecule has 1 aliphatic heterocycles. The van der Waals surface area contributed by atoms with Crippen molar-refractivity contribution in [3.63, 3.8) is 0 Å². The number of halogens is 2. The van der Waals surface area contributed by atoms with Crippen LogP contribution in [-0.4, -0.2) is 78.0 Å². The van der Waals surface area contributed by atoms with Crippen molar-refractivity contribution in [1.82, 2.24) is 40.2 Å². The van der Waals surface area contributed by atoms with Crippen LogP contribution in [0.5, 0.6) is 0 Å². The molecule has 2 aromatic carbocycles. The standard InChI is InChI=1S/C31H34F2N10O2/c1-31(2,3)45-30(44)42-12-10-41(11-13-42)25(14-19-4-7-21(32)8-5-19)20-6-9-24(33)23(15-20)28-38-27(34)26-29(36-18-35-26)43(28)17-22-16-37-40-39-22/h4-9,15-16,18,25H,10-14,17H2,1-3H3,(H3,34,35,36,37,39,40)/p+1. The highest BCUT2D eigenvalue weighted by molar-refractivity contribution is 5.80. The second-order valence-corrected chi connectivity index (χ2v) is 12.1. The van der Waals surface area contributed by atoms with Gasteiger partial charge in [-0.05, 0) is 62.6 Å². The smallest absolute Gasteiger partial charge is 0.410 e. The molecule has 5 aromatic rings. The Morgan fingerprint density at radius 2 is 1.87 bits per heavy atom. The summed E-state index contributed by atoms with van der Waals surface area (Å²) >= 11 is 0. The number of rotatable bonds is 7. The maximum Gasteiger partial charge on any atom is 0.410 e. The summed E-state index contributed by atoms with van der Waals surface area (Å²) in [7, 11) is 0. The highest BCUT2D eigenvalue weighted by Gasteiger charge is 2.32. The molecule has 0 aliphatic carbocycles. The molecule has 14 heteroatoms. The first-order valence-corrected chi connectivity index (χ1v) is 14.7. The Bertz CT molecular complexity index is 1790. The number of hydrogen-bond donors (Lipinski definition) is 3. The molecule has 0 radical (unpaired) electrons. The van der Waals surface area contributed by atoms with E-state index in [1.165, 1.54) is 24.5 Å². The molecular formula is C31H35F2N10O2+. The van der Waals surface area contributed by atoms with Gasteiger partial charge in [-0.3, -0.25) is 4.90 Å². The number of aromatic amines is 2. The Balaban J connectivity index is 1.37. The lowest BCUT2D eigenvalue weighted by Crippen LogP contribution is -2.51. The van der Waals surface area contributed by atoms with Gasteiger partial charge in [0.25, 0.3) is 11.5 Å². The van der Waals surface area contributed by atoms with Crippen LogP contribution in [0.15, 0.2) is 55.0 Å². The number of amides is 1. The van der Waals surface area contributed by atoms with E-state index in [2.05, 4.69) is 35.3 Å².